The summed E-state index contributed by atoms with van der Waals surface area (Å²) in [6.07, 6.45) is 2.62. The molecule has 0 fully saturated rings. The molecular weight excluding hydrogens is 440 g/mol. The van der Waals surface area contributed by atoms with E-state index in [4.69, 9.17) is 24.1 Å². The standard InChI is InChI=1S/C21H24N2O8S/c1-28-17-11-19(30-3)18(29-2)10-15(17)6-9-21(25)31-13-20(24)23-12-14-4-7-16(8-5-14)32(22,26)27/h4-11H,12-13H2,1-3H3,(H,23,24)(H2,22,26,27)/b9-6+. The van der Waals surface area contributed by atoms with Crippen molar-refractivity contribution < 1.29 is 37.0 Å². The molecular formula is C21H24N2O8S. The third-order valence-corrected chi connectivity index (χ3v) is 5.15. The minimum atomic E-state index is -3.78. The van der Waals surface area contributed by atoms with E-state index in [1.54, 1.807) is 12.1 Å². The number of hydrogen-bond acceptors (Lipinski definition) is 8. The zero-order chi connectivity index (χ0) is 23.7. The van der Waals surface area contributed by atoms with Crippen LogP contribution in [-0.4, -0.2) is 48.2 Å². The minimum Gasteiger partial charge on any atom is -0.496 e. The van der Waals surface area contributed by atoms with Crippen LogP contribution in [0.2, 0.25) is 0 Å². The molecule has 0 aliphatic carbocycles. The van der Waals surface area contributed by atoms with Gasteiger partial charge in [0.15, 0.2) is 18.1 Å². The van der Waals surface area contributed by atoms with Gasteiger partial charge in [-0.05, 0) is 29.8 Å². The molecule has 0 heterocycles. The number of benzene rings is 2. The minimum absolute atomic E-state index is 0.0283. The first kappa shape index (κ1) is 24.7. The number of esters is 1. The predicted octanol–water partition coefficient (Wildman–Crippen LogP) is 1.23. The molecule has 2 rings (SSSR count). The van der Waals surface area contributed by atoms with Gasteiger partial charge in [0.05, 0.1) is 26.2 Å². The van der Waals surface area contributed by atoms with Crippen molar-refractivity contribution in [2.24, 2.45) is 5.14 Å². The SMILES string of the molecule is COc1cc(OC)c(OC)cc1/C=C/C(=O)OCC(=O)NCc1ccc(S(N)(=O)=O)cc1. The predicted molar refractivity (Wildman–Crippen MR) is 116 cm³/mol. The number of ether oxygens (including phenoxy) is 4. The summed E-state index contributed by atoms with van der Waals surface area (Å²) in [5.74, 6) is 0.135. The molecule has 0 saturated heterocycles. The Balaban J connectivity index is 1.88. The Hall–Kier alpha value is -3.57. The van der Waals surface area contributed by atoms with E-state index >= 15 is 0 Å². The van der Waals surface area contributed by atoms with Crippen molar-refractivity contribution in [1.29, 1.82) is 0 Å². The van der Waals surface area contributed by atoms with Crippen LogP contribution in [0.4, 0.5) is 0 Å². The zero-order valence-electron chi connectivity index (χ0n) is 17.8. The topological polar surface area (TPSA) is 143 Å². The highest BCUT2D eigenvalue weighted by Gasteiger charge is 2.11. The molecule has 172 valence electrons. The number of primary sulfonamides is 1. The first-order chi connectivity index (χ1) is 15.2. The molecule has 32 heavy (non-hydrogen) atoms. The molecule has 0 unspecified atom stereocenters. The van der Waals surface area contributed by atoms with E-state index in [-0.39, 0.29) is 11.4 Å². The molecule has 0 radical (unpaired) electrons. The Kier molecular flexibility index (Phi) is 8.62. The summed E-state index contributed by atoms with van der Waals surface area (Å²) in [5, 5.41) is 7.59. The normalized spacial score (nSPS) is 11.1. The quantitative estimate of drug-likeness (QED) is 0.395. The monoisotopic (exact) mass is 464 g/mol. The van der Waals surface area contributed by atoms with Crippen LogP contribution in [0.25, 0.3) is 6.08 Å². The number of nitrogens with two attached hydrogens (primary N) is 1. The number of amides is 1. The number of rotatable bonds is 10. The molecule has 3 N–H and O–H groups in total. The fourth-order valence-electron chi connectivity index (χ4n) is 2.57. The molecule has 2 aromatic carbocycles. The van der Waals surface area contributed by atoms with Gasteiger partial charge in [0.25, 0.3) is 5.91 Å². The molecule has 0 aliphatic heterocycles. The van der Waals surface area contributed by atoms with Crippen molar-refractivity contribution in [3.8, 4) is 17.2 Å². The van der Waals surface area contributed by atoms with Crippen molar-refractivity contribution in [1.82, 2.24) is 5.32 Å². The number of carbonyl (C=O) groups excluding carboxylic acids is 2. The van der Waals surface area contributed by atoms with Crippen LogP contribution in [0.3, 0.4) is 0 Å². The Morgan fingerprint density at radius 3 is 2.12 bits per heavy atom. The first-order valence-corrected chi connectivity index (χ1v) is 10.8. The van der Waals surface area contributed by atoms with Gasteiger partial charge in [-0.2, -0.15) is 0 Å². The largest absolute Gasteiger partial charge is 0.496 e. The first-order valence-electron chi connectivity index (χ1n) is 9.21. The summed E-state index contributed by atoms with van der Waals surface area (Å²) >= 11 is 0. The van der Waals surface area contributed by atoms with Gasteiger partial charge in [0, 0.05) is 24.3 Å². The van der Waals surface area contributed by atoms with Crippen molar-refractivity contribution in [2.75, 3.05) is 27.9 Å². The maximum atomic E-state index is 11.9. The molecule has 1 amide bonds. The van der Waals surface area contributed by atoms with Crippen LogP contribution >= 0.6 is 0 Å². The number of carbonyl (C=O) groups is 2. The van der Waals surface area contributed by atoms with Gasteiger partial charge in [0.2, 0.25) is 10.0 Å². The third-order valence-electron chi connectivity index (χ3n) is 4.22. The van der Waals surface area contributed by atoms with Crippen LogP contribution in [0.15, 0.2) is 47.4 Å². The number of nitrogens with one attached hydrogen (secondary N) is 1. The lowest BCUT2D eigenvalue weighted by atomic mass is 10.1. The lowest BCUT2D eigenvalue weighted by molar-refractivity contribution is -0.143. The number of hydrogen-bond donors (Lipinski definition) is 2. The van der Waals surface area contributed by atoms with Crippen molar-refractivity contribution in [3.63, 3.8) is 0 Å². The highest BCUT2D eigenvalue weighted by atomic mass is 32.2. The molecule has 0 saturated carbocycles. The summed E-state index contributed by atoms with van der Waals surface area (Å²) in [6, 6.07) is 8.97. The summed E-state index contributed by atoms with van der Waals surface area (Å²) < 4.78 is 43.1. The van der Waals surface area contributed by atoms with Crippen LogP contribution < -0.4 is 24.7 Å². The summed E-state index contributed by atoms with van der Waals surface area (Å²) in [5.41, 5.74) is 1.20. The van der Waals surface area contributed by atoms with Crippen LogP contribution in [0, 0.1) is 0 Å². The van der Waals surface area contributed by atoms with Gasteiger partial charge in [-0.15, -0.1) is 0 Å². The maximum Gasteiger partial charge on any atom is 0.331 e. The van der Waals surface area contributed by atoms with Gasteiger partial charge in [0.1, 0.15) is 5.75 Å². The molecule has 10 nitrogen and oxygen atoms in total. The maximum absolute atomic E-state index is 11.9. The molecule has 2 aromatic rings. The van der Waals surface area contributed by atoms with Gasteiger partial charge in [-0.25, -0.2) is 18.4 Å². The van der Waals surface area contributed by atoms with E-state index < -0.39 is 28.5 Å². The Labute approximate surface area is 186 Å². The molecule has 11 heteroatoms. The smallest absolute Gasteiger partial charge is 0.331 e. The summed E-state index contributed by atoms with van der Waals surface area (Å²) in [6.45, 7) is -0.360. The van der Waals surface area contributed by atoms with Crippen LogP contribution in [0.1, 0.15) is 11.1 Å². The van der Waals surface area contributed by atoms with E-state index in [2.05, 4.69) is 5.32 Å². The second kappa shape index (κ2) is 11.2. The van der Waals surface area contributed by atoms with E-state index in [0.717, 1.165) is 6.08 Å². The van der Waals surface area contributed by atoms with Crippen molar-refractivity contribution >= 4 is 28.0 Å². The van der Waals surface area contributed by atoms with Gasteiger partial charge in [-0.3, -0.25) is 4.79 Å². The zero-order valence-corrected chi connectivity index (χ0v) is 18.6. The average Bonchev–Trinajstić information content (AvgIpc) is 2.78. The van der Waals surface area contributed by atoms with Crippen molar-refractivity contribution in [3.05, 3.63) is 53.6 Å². The van der Waals surface area contributed by atoms with Crippen molar-refractivity contribution in [2.45, 2.75) is 11.4 Å². The van der Waals surface area contributed by atoms with E-state index in [1.807, 2.05) is 0 Å². The Morgan fingerprint density at radius 2 is 1.56 bits per heavy atom. The second-order valence-electron chi connectivity index (χ2n) is 6.36. The highest BCUT2D eigenvalue weighted by molar-refractivity contribution is 7.89. The lowest BCUT2D eigenvalue weighted by Crippen LogP contribution is -2.28. The number of methoxy groups -OCH3 is 3. The number of sulfonamides is 1. The molecule has 0 atom stereocenters. The van der Waals surface area contributed by atoms with Gasteiger partial charge in [-0.1, -0.05) is 12.1 Å². The van der Waals surface area contributed by atoms with Gasteiger partial charge >= 0.3 is 5.97 Å². The molecule has 0 bridgehead atoms. The van der Waals surface area contributed by atoms with Crippen LogP contribution in [-0.2, 0) is 30.9 Å². The molecule has 0 aliphatic rings. The molecule has 0 spiro atoms. The Morgan fingerprint density at radius 1 is 0.969 bits per heavy atom. The average molecular weight is 464 g/mol. The Bertz CT molecular complexity index is 1100. The van der Waals surface area contributed by atoms with Crippen LogP contribution in [0.5, 0.6) is 17.2 Å². The summed E-state index contributed by atoms with van der Waals surface area (Å²) in [7, 11) is 0.677. The highest BCUT2D eigenvalue weighted by Crippen LogP contribution is 2.35. The summed E-state index contributed by atoms with van der Waals surface area (Å²) in [4.78, 5) is 23.8. The van der Waals surface area contributed by atoms with E-state index in [1.165, 1.54) is 51.7 Å². The fourth-order valence-corrected chi connectivity index (χ4v) is 3.09. The lowest BCUT2D eigenvalue weighted by Gasteiger charge is -2.12. The second-order valence-corrected chi connectivity index (χ2v) is 7.92. The van der Waals surface area contributed by atoms with E-state index in [0.29, 0.717) is 28.4 Å². The fraction of sp³-hybridized carbons (Fsp3) is 0.238. The van der Waals surface area contributed by atoms with Gasteiger partial charge < -0.3 is 24.3 Å². The third kappa shape index (κ3) is 7.00. The van der Waals surface area contributed by atoms with E-state index in [9.17, 15) is 18.0 Å². The molecule has 0 aromatic heterocycles.